The predicted molar refractivity (Wildman–Crippen MR) is 124 cm³/mol. The number of anilines is 1. The van der Waals surface area contributed by atoms with Gasteiger partial charge in [-0.15, -0.1) is 0 Å². The van der Waals surface area contributed by atoms with Crippen LogP contribution in [0.15, 0.2) is 82.7 Å². The van der Waals surface area contributed by atoms with Crippen molar-refractivity contribution in [1.29, 1.82) is 0 Å². The molecule has 158 valence electrons. The third-order valence-electron chi connectivity index (χ3n) is 5.81. The Hall–Kier alpha value is -3.82. The zero-order valence-corrected chi connectivity index (χ0v) is 17.4. The van der Waals surface area contributed by atoms with E-state index in [1.807, 2.05) is 36.4 Å². The molecule has 0 saturated heterocycles. The Morgan fingerprint density at radius 3 is 2.91 bits per heavy atom. The summed E-state index contributed by atoms with van der Waals surface area (Å²) in [5.41, 5.74) is 4.84. The van der Waals surface area contributed by atoms with Crippen LogP contribution in [0.2, 0.25) is 0 Å². The first kappa shape index (κ1) is 18.9. The van der Waals surface area contributed by atoms with Crippen LogP contribution in [0, 0.1) is 0 Å². The molecule has 4 N–H and O–H groups in total. The van der Waals surface area contributed by atoms with Crippen molar-refractivity contribution in [3.8, 4) is 5.75 Å². The molecule has 0 fully saturated rings. The molecule has 0 radical (unpaired) electrons. The highest BCUT2D eigenvalue weighted by molar-refractivity contribution is 7.96. The van der Waals surface area contributed by atoms with Gasteiger partial charge in [0.25, 0.3) is 5.91 Å². The number of fused-ring (bicyclic) bond motifs is 2. The SMILES string of the molecule is O=C1C(O)=C(c2cccc(O)c2)C(C2=CC3=NSNC3C=C2)N1c1ccc2[nH]cnc2c1. The summed E-state index contributed by atoms with van der Waals surface area (Å²) in [6, 6.07) is 11.5. The van der Waals surface area contributed by atoms with Crippen molar-refractivity contribution in [3.05, 3.63) is 83.9 Å². The molecule has 9 heteroatoms. The summed E-state index contributed by atoms with van der Waals surface area (Å²) in [5.74, 6) is -0.806. The molecule has 3 heterocycles. The smallest absolute Gasteiger partial charge is 0.294 e. The fraction of sp³-hybridized carbons (Fsp3) is 0.0870. The van der Waals surface area contributed by atoms with Crippen LogP contribution in [0.25, 0.3) is 16.6 Å². The fourth-order valence-electron chi connectivity index (χ4n) is 4.33. The molecule has 3 aliphatic rings. The number of carbonyl (C=O) groups is 1. The van der Waals surface area contributed by atoms with E-state index < -0.39 is 11.9 Å². The fourth-order valence-corrected chi connectivity index (χ4v) is 4.97. The lowest BCUT2D eigenvalue weighted by molar-refractivity contribution is -0.116. The second-order valence-electron chi connectivity index (χ2n) is 7.70. The Labute approximate surface area is 187 Å². The van der Waals surface area contributed by atoms with Crippen molar-refractivity contribution >= 4 is 46.0 Å². The van der Waals surface area contributed by atoms with Crippen LogP contribution in [0.4, 0.5) is 5.69 Å². The number of imidazole rings is 1. The van der Waals surface area contributed by atoms with Gasteiger partial charge in [0, 0.05) is 11.3 Å². The number of phenols is 1. The third-order valence-corrected chi connectivity index (χ3v) is 6.47. The van der Waals surface area contributed by atoms with Crippen LogP contribution in [-0.4, -0.2) is 43.9 Å². The Bertz CT molecular complexity index is 1400. The van der Waals surface area contributed by atoms with Crippen molar-refractivity contribution in [1.82, 2.24) is 14.7 Å². The number of phenolic OH excluding ortho intramolecular Hbond substituents is 1. The number of hydrogen-bond acceptors (Lipinski definition) is 7. The Morgan fingerprint density at radius 1 is 1.12 bits per heavy atom. The molecule has 1 aromatic heterocycles. The molecule has 3 aromatic rings. The topological polar surface area (TPSA) is 114 Å². The van der Waals surface area contributed by atoms with Gasteiger partial charge < -0.3 is 15.2 Å². The maximum Gasteiger partial charge on any atom is 0.294 e. The first-order chi connectivity index (χ1) is 15.6. The van der Waals surface area contributed by atoms with E-state index in [4.69, 9.17) is 0 Å². The summed E-state index contributed by atoms with van der Waals surface area (Å²) in [5, 5.41) is 21.0. The molecule has 1 amide bonds. The van der Waals surface area contributed by atoms with Gasteiger partial charge in [-0.3, -0.25) is 9.69 Å². The van der Waals surface area contributed by atoms with Gasteiger partial charge in [-0.1, -0.05) is 24.3 Å². The van der Waals surface area contributed by atoms with E-state index >= 15 is 0 Å². The molecule has 8 nitrogen and oxygen atoms in total. The number of nitrogens with one attached hydrogen (secondary N) is 2. The van der Waals surface area contributed by atoms with E-state index in [9.17, 15) is 15.0 Å². The van der Waals surface area contributed by atoms with Crippen molar-refractivity contribution in [2.45, 2.75) is 12.1 Å². The number of benzene rings is 2. The molecule has 1 aliphatic carbocycles. The van der Waals surface area contributed by atoms with E-state index in [0.29, 0.717) is 22.3 Å². The number of aromatic hydroxyl groups is 1. The molecule has 6 rings (SSSR count). The van der Waals surface area contributed by atoms with Crippen molar-refractivity contribution in [2.24, 2.45) is 4.40 Å². The molecule has 0 spiro atoms. The van der Waals surface area contributed by atoms with E-state index in [-0.39, 0.29) is 17.6 Å². The summed E-state index contributed by atoms with van der Waals surface area (Å²) in [6.07, 6.45) is 7.48. The zero-order chi connectivity index (χ0) is 21.8. The number of aromatic nitrogens is 2. The highest BCUT2D eigenvalue weighted by Gasteiger charge is 2.43. The molecule has 2 unspecified atom stereocenters. The second-order valence-corrected chi connectivity index (χ2v) is 8.30. The van der Waals surface area contributed by atoms with Gasteiger partial charge >= 0.3 is 0 Å². The lowest BCUT2D eigenvalue weighted by atomic mass is 9.89. The van der Waals surface area contributed by atoms with E-state index in [1.54, 1.807) is 35.5 Å². The van der Waals surface area contributed by atoms with Crippen LogP contribution in [-0.2, 0) is 4.79 Å². The summed E-state index contributed by atoms with van der Waals surface area (Å²) in [6.45, 7) is 0. The van der Waals surface area contributed by atoms with E-state index in [2.05, 4.69) is 19.1 Å². The van der Waals surface area contributed by atoms with Gasteiger partial charge in [0.05, 0.1) is 47.3 Å². The zero-order valence-electron chi connectivity index (χ0n) is 16.6. The Kier molecular flexibility index (Phi) is 4.20. The number of nitrogens with zero attached hydrogens (tertiary/aromatic N) is 3. The van der Waals surface area contributed by atoms with E-state index in [0.717, 1.165) is 16.8 Å². The summed E-state index contributed by atoms with van der Waals surface area (Å²) >= 11 is 1.28. The van der Waals surface area contributed by atoms with E-state index in [1.165, 1.54) is 12.1 Å². The molecule has 0 saturated carbocycles. The average molecular weight is 443 g/mol. The maximum atomic E-state index is 13.4. The lowest BCUT2D eigenvalue weighted by Crippen LogP contribution is -2.38. The average Bonchev–Trinajstić information content (AvgIpc) is 3.51. The monoisotopic (exact) mass is 443 g/mol. The van der Waals surface area contributed by atoms with Crippen LogP contribution < -0.4 is 9.62 Å². The van der Waals surface area contributed by atoms with Crippen molar-refractivity contribution < 1.29 is 15.0 Å². The molecule has 32 heavy (non-hydrogen) atoms. The Balaban J connectivity index is 1.54. The quantitative estimate of drug-likeness (QED) is 0.461. The second kappa shape index (κ2) is 7.11. The van der Waals surface area contributed by atoms with Crippen LogP contribution >= 0.6 is 12.1 Å². The van der Waals surface area contributed by atoms with Crippen LogP contribution in [0.5, 0.6) is 5.75 Å². The highest BCUT2D eigenvalue weighted by atomic mass is 32.2. The van der Waals surface area contributed by atoms with Gasteiger partial charge in [0.1, 0.15) is 5.75 Å². The minimum Gasteiger partial charge on any atom is -0.508 e. The minimum absolute atomic E-state index is 0.0107. The summed E-state index contributed by atoms with van der Waals surface area (Å²) in [4.78, 5) is 22.3. The number of carbonyl (C=O) groups excluding carboxylic acids is 1. The predicted octanol–water partition coefficient (Wildman–Crippen LogP) is 3.43. The van der Waals surface area contributed by atoms with Gasteiger partial charge in [0.2, 0.25) is 0 Å². The normalized spacial score (nSPS) is 22.5. The molecule has 2 atom stereocenters. The first-order valence-corrected chi connectivity index (χ1v) is 10.8. The van der Waals surface area contributed by atoms with Gasteiger partial charge in [-0.2, -0.15) is 0 Å². The summed E-state index contributed by atoms with van der Waals surface area (Å²) in [7, 11) is 0. The number of amides is 1. The highest BCUT2D eigenvalue weighted by Crippen LogP contribution is 2.42. The maximum absolute atomic E-state index is 13.4. The number of aliphatic hydroxyl groups is 1. The first-order valence-electron chi connectivity index (χ1n) is 9.98. The Morgan fingerprint density at radius 2 is 2.03 bits per heavy atom. The minimum atomic E-state index is -0.605. The molecule has 0 bridgehead atoms. The molecule has 2 aliphatic heterocycles. The van der Waals surface area contributed by atoms with Crippen LogP contribution in [0.3, 0.4) is 0 Å². The standard InChI is InChI=1S/C23H17N5O3S/c29-15-3-1-2-12(8-15)20-21(13-4-6-17-19(9-13)27-32-26-17)28(23(31)22(20)30)14-5-7-16-18(10-14)25-11-24-16/h1-11,17,21,26,29-30H,(H,24,25). The number of H-pyrrole nitrogens is 1. The third kappa shape index (κ3) is 2.86. The van der Waals surface area contributed by atoms with Crippen LogP contribution in [0.1, 0.15) is 5.56 Å². The van der Waals surface area contributed by atoms with Gasteiger partial charge in [0.15, 0.2) is 5.76 Å². The van der Waals surface area contributed by atoms with Gasteiger partial charge in [-0.25, -0.2) is 14.1 Å². The number of aliphatic hydroxyl groups excluding tert-OH is 1. The van der Waals surface area contributed by atoms with Gasteiger partial charge in [-0.05, 0) is 47.5 Å². The number of hydrogen-bond donors (Lipinski definition) is 4. The van der Waals surface area contributed by atoms with Crippen molar-refractivity contribution in [2.75, 3.05) is 4.90 Å². The molecular formula is C23H17N5O3S. The lowest BCUT2D eigenvalue weighted by Gasteiger charge is -2.29. The summed E-state index contributed by atoms with van der Waals surface area (Å²) < 4.78 is 7.61. The molecule has 2 aromatic carbocycles. The largest absolute Gasteiger partial charge is 0.508 e. The van der Waals surface area contributed by atoms with Crippen molar-refractivity contribution in [3.63, 3.8) is 0 Å². The number of rotatable bonds is 3. The number of aromatic amines is 1. The molecular weight excluding hydrogens is 426 g/mol.